The van der Waals surface area contributed by atoms with Crippen molar-refractivity contribution in [3.8, 4) is 0 Å². The zero-order chi connectivity index (χ0) is 17.0. The molecule has 0 radical (unpaired) electrons. The molecule has 0 unspecified atom stereocenters. The molecule has 0 atom stereocenters. The molecule has 1 heterocycles. The molecular formula is C17H21F3N2O. The molecule has 0 bridgehead atoms. The van der Waals surface area contributed by atoms with Crippen LogP contribution in [0, 0.1) is 5.92 Å². The zero-order valence-electron chi connectivity index (χ0n) is 13.1. The van der Waals surface area contributed by atoms with Crippen molar-refractivity contribution in [2.75, 3.05) is 20.1 Å². The molecular weight excluding hydrogens is 305 g/mol. The van der Waals surface area contributed by atoms with Crippen molar-refractivity contribution in [1.82, 2.24) is 10.2 Å². The van der Waals surface area contributed by atoms with Gasteiger partial charge in [0.1, 0.15) is 0 Å². The van der Waals surface area contributed by atoms with E-state index in [2.05, 4.69) is 16.8 Å². The fourth-order valence-corrected chi connectivity index (χ4v) is 2.78. The van der Waals surface area contributed by atoms with Gasteiger partial charge < -0.3 is 10.2 Å². The molecule has 6 heteroatoms. The van der Waals surface area contributed by atoms with Crippen molar-refractivity contribution in [3.05, 3.63) is 47.5 Å². The zero-order valence-corrected chi connectivity index (χ0v) is 13.1. The predicted molar refractivity (Wildman–Crippen MR) is 82.7 cm³/mol. The molecule has 1 aliphatic rings. The van der Waals surface area contributed by atoms with Crippen LogP contribution in [0.2, 0.25) is 0 Å². The highest BCUT2D eigenvalue weighted by molar-refractivity contribution is 5.93. The number of piperidine rings is 1. The van der Waals surface area contributed by atoms with Gasteiger partial charge >= 0.3 is 6.18 Å². The van der Waals surface area contributed by atoms with Gasteiger partial charge in [-0.3, -0.25) is 4.79 Å². The number of halogens is 3. The Morgan fingerprint density at radius 1 is 1.30 bits per heavy atom. The minimum atomic E-state index is -4.42. The number of hydrogen-bond donors (Lipinski definition) is 1. The van der Waals surface area contributed by atoms with Gasteiger partial charge in [0.15, 0.2) is 0 Å². The molecule has 0 aliphatic carbocycles. The SMILES string of the molecule is C=C(C(=O)NCc1ccccc1C(F)(F)F)C1CCN(C)CC1. The fraction of sp³-hybridized carbons (Fsp3) is 0.471. The van der Waals surface area contributed by atoms with E-state index >= 15 is 0 Å². The van der Waals surface area contributed by atoms with E-state index in [9.17, 15) is 18.0 Å². The minimum Gasteiger partial charge on any atom is -0.348 e. The van der Waals surface area contributed by atoms with E-state index in [1.54, 1.807) is 0 Å². The lowest BCUT2D eigenvalue weighted by Gasteiger charge is -2.29. The van der Waals surface area contributed by atoms with E-state index in [-0.39, 0.29) is 23.9 Å². The quantitative estimate of drug-likeness (QED) is 0.862. The Bertz CT molecular complexity index is 575. The Morgan fingerprint density at radius 2 is 1.91 bits per heavy atom. The van der Waals surface area contributed by atoms with Gasteiger partial charge in [0, 0.05) is 12.1 Å². The van der Waals surface area contributed by atoms with Crippen LogP contribution in [0.4, 0.5) is 13.2 Å². The average molecular weight is 326 g/mol. The van der Waals surface area contributed by atoms with Crippen LogP contribution in [0.5, 0.6) is 0 Å². The van der Waals surface area contributed by atoms with Gasteiger partial charge in [-0.15, -0.1) is 0 Å². The van der Waals surface area contributed by atoms with Gasteiger partial charge in [-0.1, -0.05) is 24.8 Å². The highest BCUT2D eigenvalue weighted by Gasteiger charge is 2.33. The number of carbonyl (C=O) groups is 1. The van der Waals surface area contributed by atoms with Crippen LogP contribution >= 0.6 is 0 Å². The second-order valence-electron chi connectivity index (χ2n) is 5.94. The van der Waals surface area contributed by atoms with Crippen LogP contribution in [0.15, 0.2) is 36.4 Å². The molecule has 1 saturated heterocycles. The topological polar surface area (TPSA) is 32.3 Å². The first-order valence-electron chi connectivity index (χ1n) is 7.59. The van der Waals surface area contributed by atoms with Gasteiger partial charge in [0.2, 0.25) is 5.91 Å². The number of carbonyl (C=O) groups excluding carboxylic acids is 1. The number of hydrogen-bond acceptors (Lipinski definition) is 2. The normalized spacial score (nSPS) is 17.0. The molecule has 1 N–H and O–H groups in total. The number of likely N-dealkylation sites (tertiary alicyclic amines) is 1. The number of nitrogens with zero attached hydrogens (tertiary/aromatic N) is 1. The Kier molecular flexibility index (Phi) is 5.46. The summed E-state index contributed by atoms with van der Waals surface area (Å²) in [6, 6.07) is 5.27. The van der Waals surface area contributed by atoms with Crippen molar-refractivity contribution in [1.29, 1.82) is 0 Å². The minimum absolute atomic E-state index is 0.0597. The monoisotopic (exact) mass is 326 g/mol. The first kappa shape index (κ1) is 17.5. The molecule has 1 aliphatic heterocycles. The van der Waals surface area contributed by atoms with Gasteiger partial charge in [0.05, 0.1) is 5.56 Å². The maximum atomic E-state index is 12.9. The third-order valence-corrected chi connectivity index (χ3v) is 4.27. The largest absolute Gasteiger partial charge is 0.416 e. The van der Waals surface area contributed by atoms with Gasteiger partial charge in [-0.2, -0.15) is 13.2 Å². The van der Waals surface area contributed by atoms with E-state index in [1.165, 1.54) is 18.2 Å². The maximum Gasteiger partial charge on any atom is 0.416 e. The molecule has 126 valence electrons. The Hall–Kier alpha value is -1.82. The van der Waals surface area contributed by atoms with Crippen molar-refractivity contribution in [3.63, 3.8) is 0 Å². The Balaban J connectivity index is 1.96. The summed E-state index contributed by atoms with van der Waals surface area (Å²) in [6.45, 7) is 5.47. The number of rotatable bonds is 4. The maximum absolute atomic E-state index is 12.9. The summed E-state index contributed by atoms with van der Waals surface area (Å²) < 4.78 is 38.8. The summed E-state index contributed by atoms with van der Waals surface area (Å²) >= 11 is 0. The number of nitrogens with one attached hydrogen (secondary N) is 1. The summed E-state index contributed by atoms with van der Waals surface area (Å²) in [5.41, 5.74) is -0.197. The standard InChI is InChI=1S/C17H21F3N2O/c1-12(13-7-9-22(2)10-8-13)16(23)21-11-14-5-3-4-6-15(14)17(18,19)20/h3-6,13H,1,7-11H2,2H3,(H,21,23). The van der Waals surface area contributed by atoms with Crippen LogP contribution in [-0.2, 0) is 17.5 Å². The summed E-state index contributed by atoms with van der Waals surface area (Å²) in [5, 5.41) is 2.57. The molecule has 0 spiro atoms. The first-order chi connectivity index (χ1) is 10.8. The van der Waals surface area contributed by atoms with E-state index in [1.807, 2.05) is 7.05 Å². The van der Waals surface area contributed by atoms with Crippen molar-refractivity contribution in [2.24, 2.45) is 5.92 Å². The molecule has 1 aromatic carbocycles. The fourth-order valence-electron chi connectivity index (χ4n) is 2.78. The summed E-state index contributed by atoms with van der Waals surface area (Å²) in [4.78, 5) is 14.3. The van der Waals surface area contributed by atoms with Crippen molar-refractivity contribution >= 4 is 5.91 Å². The van der Waals surface area contributed by atoms with Crippen LogP contribution in [0.3, 0.4) is 0 Å². The average Bonchev–Trinajstić information content (AvgIpc) is 2.52. The molecule has 3 nitrogen and oxygen atoms in total. The van der Waals surface area contributed by atoms with E-state index in [0.717, 1.165) is 32.0 Å². The predicted octanol–water partition coefficient (Wildman–Crippen LogP) is 3.22. The third-order valence-electron chi connectivity index (χ3n) is 4.27. The van der Waals surface area contributed by atoms with Gasteiger partial charge in [0.25, 0.3) is 0 Å². The molecule has 1 aromatic rings. The van der Waals surface area contributed by atoms with Crippen LogP contribution in [0.25, 0.3) is 0 Å². The van der Waals surface area contributed by atoms with Crippen molar-refractivity contribution in [2.45, 2.75) is 25.6 Å². The number of amides is 1. The van der Waals surface area contributed by atoms with E-state index in [0.29, 0.717) is 5.57 Å². The van der Waals surface area contributed by atoms with Crippen LogP contribution in [-0.4, -0.2) is 30.9 Å². The van der Waals surface area contributed by atoms with Gasteiger partial charge in [-0.05, 0) is 50.5 Å². The van der Waals surface area contributed by atoms with E-state index in [4.69, 9.17) is 0 Å². The number of alkyl halides is 3. The Morgan fingerprint density at radius 3 is 2.52 bits per heavy atom. The Labute approximate surface area is 134 Å². The molecule has 1 fully saturated rings. The molecule has 1 amide bonds. The van der Waals surface area contributed by atoms with Crippen LogP contribution < -0.4 is 5.32 Å². The molecule has 23 heavy (non-hydrogen) atoms. The first-order valence-corrected chi connectivity index (χ1v) is 7.59. The van der Waals surface area contributed by atoms with Gasteiger partial charge in [-0.25, -0.2) is 0 Å². The molecule has 2 rings (SSSR count). The second-order valence-corrected chi connectivity index (χ2v) is 5.94. The highest BCUT2D eigenvalue weighted by atomic mass is 19.4. The van der Waals surface area contributed by atoms with Crippen LogP contribution in [0.1, 0.15) is 24.0 Å². The summed E-state index contributed by atoms with van der Waals surface area (Å²) in [7, 11) is 2.02. The smallest absolute Gasteiger partial charge is 0.348 e. The lowest BCUT2D eigenvalue weighted by Crippen LogP contribution is -2.35. The van der Waals surface area contributed by atoms with Crippen molar-refractivity contribution < 1.29 is 18.0 Å². The summed E-state index contributed by atoms with van der Waals surface area (Å²) in [5.74, 6) is -0.263. The van der Waals surface area contributed by atoms with E-state index < -0.39 is 11.7 Å². The second kappa shape index (κ2) is 7.17. The third kappa shape index (κ3) is 4.58. The summed E-state index contributed by atoms with van der Waals surface area (Å²) in [6.07, 6.45) is -2.73. The lowest BCUT2D eigenvalue weighted by molar-refractivity contribution is -0.138. The highest BCUT2D eigenvalue weighted by Crippen LogP contribution is 2.31. The number of benzene rings is 1. The molecule has 0 aromatic heterocycles. The lowest BCUT2D eigenvalue weighted by atomic mass is 9.89. The molecule has 0 saturated carbocycles.